The number of hydrogen-bond acceptors (Lipinski definition) is 5. The van der Waals surface area contributed by atoms with Crippen LogP contribution in [0.5, 0.6) is 0 Å². The minimum atomic E-state index is -0.0820. The molecule has 0 amide bonds. The van der Waals surface area contributed by atoms with Crippen LogP contribution in [0.15, 0.2) is 29.6 Å². The van der Waals surface area contributed by atoms with Gasteiger partial charge < -0.3 is 4.57 Å². The molecule has 0 atom stereocenters. The summed E-state index contributed by atoms with van der Waals surface area (Å²) >= 11 is 4.12. The van der Waals surface area contributed by atoms with Crippen molar-refractivity contribution in [2.24, 2.45) is 0 Å². The Morgan fingerprint density at radius 1 is 1.35 bits per heavy atom. The van der Waals surface area contributed by atoms with Gasteiger partial charge in [-0.2, -0.15) is 27.2 Å². The van der Waals surface area contributed by atoms with E-state index in [4.69, 9.17) is 0 Å². The Bertz CT molecular complexity index is 747. The Kier molecular flexibility index (Phi) is 2.32. The summed E-state index contributed by atoms with van der Waals surface area (Å²) in [6.07, 6.45) is 4.69. The van der Waals surface area contributed by atoms with Gasteiger partial charge in [0.05, 0.1) is 10.9 Å². The Morgan fingerprint density at radius 2 is 2.24 bits per heavy atom. The Balaban J connectivity index is 2.40. The van der Waals surface area contributed by atoms with Crippen molar-refractivity contribution in [1.29, 1.82) is 0 Å². The highest BCUT2D eigenvalue weighted by Crippen LogP contribution is 2.08. The van der Waals surface area contributed by atoms with Crippen molar-refractivity contribution in [3.05, 3.63) is 35.1 Å². The lowest BCUT2D eigenvalue weighted by Crippen LogP contribution is -2.21. The monoisotopic (exact) mass is 247 g/mol. The lowest BCUT2D eigenvalue weighted by atomic mass is 10.3. The second kappa shape index (κ2) is 3.85. The predicted molar refractivity (Wildman–Crippen MR) is 66.4 cm³/mol. The van der Waals surface area contributed by atoms with Crippen molar-refractivity contribution in [2.75, 3.05) is 5.75 Å². The van der Waals surface area contributed by atoms with Crippen LogP contribution in [0.25, 0.3) is 16.7 Å². The van der Waals surface area contributed by atoms with Crippen molar-refractivity contribution >= 4 is 29.3 Å². The largest absolute Gasteiger partial charge is 0.314 e. The number of nitrogens with zero attached hydrogens (tertiary/aromatic N) is 5. The molecular weight excluding hydrogens is 238 g/mol. The first-order valence-electron chi connectivity index (χ1n) is 5.10. The minimum absolute atomic E-state index is 0.0820. The lowest BCUT2D eigenvalue weighted by Gasteiger charge is -2.05. The molecule has 0 spiro atoms. The molecule has 0 aromatic carbocycles. The number of rotatable bonds is 2. The first-order chi connectivity index (χ1) is 8.31. The van der Waals surface area contributed by atoms with E-state index in [2.05, 4.69) is 27.7 Å². The van der Waals surface area contributed by atoms with E-state index in [1.807, 2.05) is 6.07 Å². The van der Waals surface area contributed by atoms with Crippen LogP contribution in [0.1, 0.15) is 0 Å². The average Bonchev–Trinajstić information content (AvgIpc) is 2.81. The number of aromatic nitrogens is 5. The first kappa shape index (κ1) is 10.3. The third-order valence-corrected chi connectivity index (χ3v) is 2.79. The topological polar surface area (TPSA) is 65.1 Å². The van der Waals surface area contributed by atoms with Crippen LogP contribution in [0, 0.1) is 0 Å². The summed E-state index contributed by atoms with van der Waals surface area (Å²) in [5.41, 5.74) is 0.634. The van der Waals surface area contributed by atoms with Crippen molar-refractivity contribution in [3.8, 4) is 0 Å². The zero-order chi connectivity index (χ0) is 11.8. The van der Waals surface area contributed by atoms with E-state index in [0.29, 0.717) is 29.0 Å². The zero-order valence-corrected chi connectivity index (χ0v) is 9.71. The van der Waals surface area contributed by atoms with Crippen LogP contribution in [0.4, 0.5) is 0 Å². The van der Waals surface area contributed by atoms with Gasteiger partial charge in [0, 0.05) is 24.7 Å². The molecule has 3 aromatic rings. The van der Waals surface area contributed by atoms with Gasteiger partial charge in [-0.05, 0) is 6.07 Å². The molecule has 0 aliphatic carbocycles. The highest BCUT2D eigenvalue weighted by Gasteiger charge is 2.07. The van der Waals surface area contributed by atoms with Crippen LogP contribution in [0.3, 0.4) is 0 Å². The first-order valence-corrected chi connectivity index (χ1v) is 5.73. The maximum atomic E-state index is 12.1. The third-order valence-electron chi connectivity index (χ3n) is 2.59. The molecule has 3 rings (SSSR count). The smallest absolute Gasteiger partial charge is 0.261 e. The van der Waals surface area contributed by atoms with Gasteiger partial charge in [-0.3, -0.25) is 4.79 Å². The van der Waals surface area contributed by atoms with Crippen LogP contribution in [-0.4, -0.2) is 29.9 Å². The number of thiol groups is 1. The molecule has 0 bridgehead atoms. The molecule has 0 saturated carbocycles. The highest BCUT2D eigenvalue weighted by molar-refractivity contribution is 7.80. The second-order valence-electron chi connectivity index (χ2n) is 3.57. The lowest BCUT2D eigenvalue weighted by molar-refractivity contribution is 0.742. The van der Waals surface area contributed by atoms with E-state index in [1.165, 1.54) is 12.5 Å². The highest BCUT2D eigenvalue weighted by atomic mass is 32.1. The number of hydrogen-bond donors (Lipinski definition) is 1. The molecule has 0 radical (unpaired) electrons. The van der Waals surface area contributed by atoms with Gasteiger partial charge in [0.15, 0.2) is 0 Å². The second-order valence-corrected chi connectivity index (χ2v) is 4.01. The Hall–Kier alpha value is -1.89. The fourth-order valence-electron chi connectivity index (χ4n) is 1.79. The molecule has 0 saturated heterocycles. The van der Waals surface area contributed by atoms with Crippen molar-refractivity contribution < 1.29 is 0 Å². The van der Waals surface area contributed by atoms with Crippen LogP contribution < -0.4 is 5.56 Å². The summed E-state index contributed by atoms with van der Waals surface area (Å²) in [6, 6.07) is 1.84. The number of aryl methyl sites for hydroxylation is 1. The van der Waals surface area contributed by atoms with E-state index < -0.39 is 0 Å². The number of pyridine rings is 1. The van der Waals surface area contributed by atoms with Crippen LogP contribution >= 0.6 is 12.6 Å². The molecule has 0 aliphatic heterocycles. The molecule has 17 heavy (non-hydrogen) atoms. The van der Waals surface area contributed by atoms with Gasteiger partial charge in [0.1, 0.15) is 6.33 Å². The molecule has 7 heteroatoms. The van der Waals surface area contributed by atoms with Gasteiger partial charge in [0.2, 0.25) is 0 Å². The SMILES string of the molecule is O=c1c2cnc3ncnn3c2ccn1CCS. The van der Waals surface area contributed by atoms with Crippen molar-refractivity contribution in [2.45, 2.75) is 6.54 Å². The molecule has 0 aliphatic rings. The zero-order valence-electron chi connectivity index (χ0n) is 8.82. The van der Waals surface area contributed by atoms with Gasteiger partial charge in [-0.25, -0.2) is 4.98 Å². The van der Waals surface area contributed by atoms with Crippen LogP contribution in [0.2, 0.25) is 0 Å². The molecule has 3 aromatic heterocycles. The normalized spacial score (nSPS) is 11.4. The average molecular weight is 247 g/mol. The van der Waals surface area contributed by atoms with Gasteiger partial charge in [-0.15, -0.1) is 0 Å². The molecule has 86 valence electrons. The molecule has 0 unspecified atom stereocenters. The van der Waals surface area contributed by atoms with Gasteiger partial charge in [0.25, 0.3) is 11.3 Å². The fourth-order valence-corrected chi connectivity index (χ4v) is 2.00. The van der Waals surface area contributed by atoms with E-state index in [-0.39, 0.29) is 5.56 Å². The van der Waals surface area contributed by atoms with E-state index in [9.17, 15) is 4.79 Å². The molecule has 0 N–H and O–H groups in total. The van der Waals surface area contributed by atoms with Gasteiger partial charge in [-0.1, -0.05) is 0 Å². The van der Waals surface area contributed by atoms with Crippen molar-refractivity contribution in [3.63, 3.8) is 0 Å². The summed E-state index contributed by atoms with van der Waals surface area (Å²) in [4.78, 5) is 20.2. The maximum Gasteiger partial charge on any atom is 0.261 e. The minimum Gasteiger partial charge on any atom is -0.314 e. The number of fused-ring (bicyclic) bond motifs is 3. The third kappa shape index (κ3) is 1.50. The van der Waals surface area contributed by atoms with Crippen LogP contribution in [-0.2, 0) is 6.54 Å². The standard InChI is InChI=1S/C10H9N5OS/c16-9-7-5-11-10-12-6-13-15(10)8(7)1-2-14(9)3-4-17/h1-2,5-6,17H,3-4H2. The van der Waals surface area contributed by atoms with E-state index >= 15 is 0 Å². The molecular formula is C10H9N5OS. The van der Waals surface area contributed by atoms with Gasteiger partial charge >= 0.3 is 0 Å². The molecule has 0 fully saturated rings. The summed E-state index contributed by atoms with van der Waals surface area (Å²) in [6.45, 7) is 0.577. The summed E-state index contributed by atoms with van der Waals surface area (Å²) in [5, 5.41) is 4.58. The quantitative estimate of drug-likeness (QED) is 0.664. The fraction of sp³-hybridized carbons (Fsp3) is 0.200. The molecule has 3 heterocycles. The summed E-state index contributed by atoms with van der Waals surface area (Å²) in [5.74, 6) is 1.11. The molecule has 6 nitrogen and oxygen atoms in total. The Labute approximate surface area is 101 Å². The van der Waals surface area contributed by atoms with E-state index in [0.717, 1.165) is 0 Å². The summed E-state index contributed by atoms with van der Waals surface area (Å²) in [7, 11) is 0. The predicted octanol–water partition coefficient (Wildman–Crippen LogP) is 0.369. The summed E-state index contributed by atoms with van der Waals surface area (Å²) < 4.78 is 3.17. The van der Waals surface area contributed by atoms with E-state index in [1.54, 1.807) is 15.3 Å². The maximum absolute atomic E-state index is 12.1. The Morgan fingerprint density at radius 3 is 3.06 bits per heavy atom. The van der Waals surface area contributed by atoms with Crippen molar-refractivity contribution in [1.82, 2.24) is 24.1 Å².